The molecule has 2 aromatic rings. The molecule has 0 N–H and O–H groups in total. The smallest absolute Gasteiger partial charge is 0.0636 e. The average molecular weight is 283 g/mol. The standard InChI is InChI=1S/C12H9BrClN/c13-6-10-11(7-15-8-12(10)14)9-4-2-1-3-5-9/h1-5,7-8H,6H2. The molecular weight excluding hydrogens is 273 g/mol. The summed E-state index contributed by atoms with van der Waals surface area (Å²) < 4.78 is 0. The highest BCUT2D eigenvalue weighted by molar-refractivity contribution is 9.08. The van der Waals surface area contributed by atoms with Gasteiger partial charge in [0.25, 0.3) is 0 Å². The molecule has 1 aromatic carbocycles. The molecule has 1 heterocycles. The van der Waals surface area contributed by atoms with Crippen molar-refractivity contribution in [3.05, 3.63) is 53.3 Å². The molecule has 0 saturated carbocycles. The second kappa shape index (κ2) is 4.77. The Bertz CT molecular complexity index is 456. The molecule has 0 unspecified atom stereocenters. The van der Waals surface area contributed by atoms with Gasteiger partial charge in [-0.2, -0.15) is 0 Å². The molecule has 0 aliphatic heterocycles. The molecule has 0 saturated heterocycles. The largest absolute Gasteiger partial charge is 0.263 e. The number of alkyl halides is 1. The highest BCUT2D eigenvalue weighted by atomic mass is 79.9. The van der Waals surface area contributed by atoms with E-state index in [2.05, 4.69) is 33.0 Å². The second-order valence-electron chi connectivity index (χ2n) is 3.15. The van der Waals surface area contributed by atoms with Crippen molar-refractivity contribution in [2.75, 3.05) is 0 Å². The Labute approximate surface area is 102 Å². The SMILES string of the molecule is Clc1cncc(-c2ccccc2)c1CBr. The zero-order valence-corrected chi connectivity index (χ0v) is 10.3. The maximum Gasteiger partial charge on any atom is 0.0636 e. The summed E-state index contributed by atoms with van der Waals surface area (Å²) in [7, 11) is 0. The lowest BCUT2D eigenvalue weighted by Crippen LogP contribution is -1.89. The van der Waals surface area contributed by atoms with Crippen molar-refractivity contribution in [2.24, 2.45) is 0 Å². The van der Waals surface area contributed by atoms with Gasteiger partial charge in [-0.1, -0.05) is 57.9 Å². The van der Waals surface area contributed by atoms with Crippen LogP contribution in [0, 0.1) is 0 Å². The van der Waals surface area contributed by atoms with Gasteiger partial charge in [-0.15, -0.1) is 0 Å². The normalized spacial score (nSPS) is 10.3. The highest BCUT2D eigenvalue weighted by Gasteiger charge is 2.07. The molecule has 3 heteroatoms. The Morgan fingerprint density at radius 3 is 2.53 bits per heavy atom. The zero-order valence-electron chi connectivity index (χ0n) is 7.95. The van der Waals surface area contributed by atoms with Gasteiger partial charge in [0.2, 0.25) is 0 Å². The summed E-state index contributed by atoms with van der Waals surface area (Å²) >= 11 is 9.53. The average Bonchev–Trinajstić information content (AvgIpc) is 2.30. The van der Waals surface area contributed by atoms with E-state index in [9.17, 15) is 0 Å². The number of rotatable bonds is 2. The van der Waals surface area contributed by atoms with E-state index in [1.165, 1.54) is 0 Å². The second-order valence-corrected chi connectivity index (χ2v) is 4.12. The van der Waals surface area contributed by atoms with Crippen LogP contribution in [0.3, 0.4) is 0 Å². The first-order valence-electron chi connectivity index (χ1n) is 4.56. The molecular formula is C12H9BrClN. The monoisotopic (exact) mass is 281 g/mol. The number of hydrogen-bond acceptors (Lipinski definition) is 1. The van der Waals surface area contributed by atoms with Gasteiger partial charge >= 0.3 is 0 Å². The molecule has 2 rings (SSSR count). The molecule has 0 fully saturated rings. The van der Waals surface area contributed by atoms with Crippen LogP contribution in [0.4, 0.5) is 0 Å². The first kappa shape index (κ1) is 10.7. The summed E-state index contributed by atoms with van der Waals surface area (Å²) in [5.74, 6) is 0. The van der Waals surface area contributed by atoms with Crippen LogP contribution in [0.25, 0.3) is 11.1 Å². The minimum absolute atomic E-state index is 0.702. The molecule has 0 atom stereocenters. The highest BCUT2D eigenvalue weighted by Crippen LogP contribution is 2.29. The van der Waals surface area contributed by atoms with Crippen LogP contribution in [-0.4, -0.2) is 4.98 Å². The van der Waals surface area contributed by atoms with E-state index >= 15 is 0 Å². The van der Waals surface area contributed by atoms with Crippen molar-refractivity contribution in [2.45, 2.75) is 5.33 Å². The molecule has 0 amide bonds. The van der Waals surface area contributed by atoms with Crippen molar-refractivity contribution in [1.82, 2.24) is 4.98 Å². The maximum absolute atomic E-state index is 6.09. The van der Waals surface area contributed by atoms with Crippen molar-refractivity contribution in [3.63, 3.8) is 0 Å². The summed E-state index contributed by atoms with van der Waals surface area (Å²) in [6, 6.07) is 10.1. The third-order valence-electron chi connectivity index (χ3n) is 2.22. The number of nitrogens with zero attached hydrogens (tertiary/aromatic N) is 1. The molecule has 0 spiro atoms. The third kappa shape index (κ3) is 2.21. The van der Waals surface area contributed by atoms with Crippen LogP contribution >= 0.6 is 27.5 Å². The Balaban J connectivity index is 2.58. The number of pyridine rings is 1. The van der Waals surface area contributed by atoms with Crippen LogP contribution in [0.2, 0.25) is 5.02 Å². The van der Waals surface area contributed by atoms with Gasteiger partial charge in [0, 0.05) is 23.3 Å². The van der Waals surface area contributed by atoms with Crippen molar-refractivity contribution >= 4 is 27.5 Å². The summed E-state index contributed by atoms with van der Waals surface area (Å²) in [6.07, 6.45) is 3.52. The minimum atomic E-state index is 0.702. The van der Waals surface area contributed by atoms with Crippen LogP contribution in [0.5, 0.6) is 0 Å². The van der Waals surface area contributed by atoms with Crippen molar-refractivity contribution in [1.29, 1.82) is 0 Å². The lowest BCUT2D eigenvalue weighted by Gasteiger charge is -2.08. The van der Waals surface area contributed by atoms with E-state index in [1.807, 2.05) is 24.4 Å². The summed E-state index contributed by atoms with van der Waals surface area (Å²) in [6.45, 7) is 0. The molecule has 1 aromatic heterocycles. The minimum Gasteiger partial charge on any atom is -0.263 e. The third-order valence-corrected chi connectivity index (χ3v) is 3.11. The molecule has 76 valence electrons. The fourth-order valence-electron chi connectivity index (χ4n) is 1.46. The summed E-state index contributed by atoms with van der Waals surface area (Å²) in [5.41, 5.74) is 3.31. The van der Waals surface area contributed by atoms with Gasteiger partial charge in [0.15, 0.2) is 0 Å². The predicted molar refractivity (Wildman–Crippen MR) is 67.3 cm³/mol. The summed E-state index contributed by atoms with van der Waals surface area (Å²) in [5, 5.41) is 1.44. The molecule has 0 radical (unpaired) electrons. The number of hydrogen-bond donors (Lipinski definition) is 0. The fourth-order valence-corrected chi connectivity index (χ4v) is 2.45. The molecule has 0 aliphatic rings. The maximum atomic E-state index is 6.09. The van der Waals surface area contributed by atoms with E-state index in [4.69, 9.17) is 11.6 Å². The topological polar surface area (TPSA) is 12.9 Å². The van der Waals surface area contributed by atoms with Crippen LogP contribution in [-0.2, 0) is 5.33 Å². The first-order valence-corrected chi connectivity index (χ1v) is 6.06. The van der Waals surface area contributed by atoms with Gasteiger partial charge in [-0.25, -0.2) is 0 Å². The van der Waals surface area contributed by atoms with Gasteiger partial charge < -0.3 is 0 Å². The van der Waals surface area contributed by atoms with E-state index in [0.717, 1.165) is 22.0 Å². The number of aromatic nitrogens is 1. The van der Waals surface area contributed by atoms with Gasteiger partial charge in [0.1, 0.15) is 0 Å². The van der Waals surface area contributed by atoms with Gasteiger partial charge in [0.05, 0.1) is 5.02 Å². The quantitative estimate of drug-likeness (QED) is 0.749. The number of benzene rings is 1. The Morgan fingerprint density at radius 1 is 1.13 bits per heavy atom. The molecule has 0 aliphatic carbocycles. The molecule has 0 bridgehead atoms. The predicted octanol–water partition coefficient (Wildman–Crippen LogP) is 4.30. The lowest BCUT2D eigenvalue weighted by molar-refractivity contribution is 1.28. The lowest BCUT2D eigenvalue weighted by atomic mass is 10.0. The van der Waals surface area contributed by atoms with Gasteiger partial charge in [-0.3, -0.25) is 4.98 Å². The first-order chi connectivity index (χ1) is 7.33. The van der Waals surface area contributed by atoms with E-state index < -0.39 is 0 Å². The Hall–Kier alpha value is -0.860. The Morgan fingerprint density at radius 2 is 1.87 bits per heavy atom. The molecule has 1 nitrogen and oxygen atoms in total. The fraction of sp³-hybridized carbons (Fsp3) is 0.0833. The summed E-state index contributed by atoms with van der Waals surface area (Å²) in [4.78, 5) is 4.12. The van der Waals surface area contributed by atoms with Gasteiger partial charge in [-0.05, 0) is 11.1 Å². The van der Waals surface area contributed by atoms with Crippen LogP contribution in [0.1, 0.15) is 5.56 Å². The zero-order chi connectivity index (χ0) is 10.7. The van der Waals surface area contributed by atoms with Crippen molar-refractivity contribution < 1.29 is 0 Å². The van der Waals surface area contributed by atoms with E-state index in [1.54, 1.807) is 6.20 Å². The van der Waals surface area contributed by atoms with E-state index in [0.29, 0.717) is 5.02 Å². The van der Waals surface area contributed by atoms with Crippen LogP contribution in [0.15, 0.2) is 42.7 Å². The Kier molecular flexibility index (Phi) is 3.39. The molecule has 15 heavy (non-hydrogen) atoms. The number of halogens is 2. The van der Waals surface area contributed by atoms with Crippen LogP contribution < -0.4 is 0 Å². The van der Waals surface area contributed by atoms with E-state index in [-0.39, 0.29) is 0 Å². The van der Waals surface area contributed by atoms with Crippen molar-refractivity contribution in [3.8, 4) is 11.1 Å².